The molecule has 92 valence electrons. The summed E-state index contributed by atoms with van der Waals surface area (Å²) in [5, 5.41) is 8.89. The summed E-state index contributed by atoms with van der Waals surface area (Å²) in [6, 6.07) is 8.85. The van der Waals surface area contributed by atoms with Crippen molar-refractivity contribution in [3.05, 3.63) is 35.9 Å². The zero-order valence-corrected chi connectivity index (χ0v) is 10.1. The van der Waals surface area contributed by atoms with Gasteiger partial charge in [0.25, 0.3) is 0 Å². The van der Waals surface area contributed by atoms with Crippen molar-refractivity contribution in [3.63, 3.8) is 0 Å². The van der Waals surface area contributed by atoms with Gasteiger partial charge in [0.2, 0.25) is 0 Å². The topological polar surface area (TPSA) is 55.8 Å². The third kappa shape index (κ3) is 3.46. The molecule has 1 aromatic rings. The lowest BCUT2D eigenvalue weighted by Gasteiger charge is -2.11. The average Bonchev–Trinajstić information content (AvgIpc) is 2.85. The highest BCUT2D eigenvalue weighted by Gasteiger charge is 2.26. The number of aliphatic hydroxyl groups excluding tert-OH is 1. The van der Waals surface area contributed by atoms with E-state index in [4.69, 9.17) is 14.6 Å². The molecule has 2 rings (SSSR count). The molecule has 0 spiro atoms. The lowest BCUT2D eigenvalue weighted by Crippen LogP contribution is -2.20. The molecule has 1 saturated heterocycles. The predicted octanol–water partition coefficient (Wildman–Crippen LogP) is 1.29. The largest absolute Gasteiger partial charge is 0.458 e. The second kappa shape index (κ2) is 6.05. The van der Waals surface area contributed by atoms with E-state index in [0.717, 1.165) is 5.75 Å². The third-order valence-electron chi connectivity index (χ3n) is 2.38. The van der Waals surface area contributed by atoms with Gasteiger partial charge in [-0.25, -0.2) is 4.79 Å². The van der Waals surface area contributed by atoms with Crippen LogP contribution < -0.4 is 0 Å². The zero-order chi connectivity index (χ0) is 12.1. The number of thioether (sulfide) groups is 1. The monoisotopic (exact) mass is 254 g/mol. The number of hydrogen-bond acceptors (Lipinski definition) is 5. The lowest BCUT2D eigenvalue weighted by atomic mass is 10.2. The van der Waals surface area contributed by atoms with Crippen LogP contribution in [0.25, 0.3) is 0 Å². The first-order valence-corrected chi connectivity index (χ1v) is 6.44. The molecule has 0 unspecified atom stereocenters. The van der Waals surface area contributed by atoms with Gasteiger partial charge < -0.3 is 14.6 Å². The Morgan fingerprint density at radius 2 is 2.24 bits per heavy atom. The normalized spacial score (nSPS) is 23.6. The Labute approximate surface area is 104 Å². The van der Waals surface area contributed by atoms with E-state index in [1.807, 2.05) is 6.07 Å². The van der Waals surface area contributed by atoms with Crippen molar-refractivity contribution in [2.75, 3.05) is 19.0 Å². The molecule has 4 nitrogen and oxygen atoms in total. The van der Waals surface area contributed by atoms with E-state index < -0.39 is 0 Å². The number of carbonyl (C=O) groups is 1. The predicted molar refractivity (Wildman–Crippen MR) is 64.9 cm³/mol. The molecule has 1 fully saturated rings. The molecule has 0 amide bonds. The van der Waals surface area contributed by atoms with E-state index in [1.54, 1.807) is 36.0 Å². The van der Waals surface area contributed by atoms with Gasteiger partial charge in [0.1, 0.15) is 12.0 Å². The average molecular weight is 254 g/mol. The molecular formula is C12H14O4S. The van der Waals surface area contributed by atoms with Crippen molar-refractivity contribution in [1.82, 2.24) is 0 Å². The van der Waals surface area contributed by atoms with Crippen molar-refractivity contribution in [3.8, 4) is 0 Å². The van der Waals surface area contributed by atoms with Crippen LogP contribution in [0.15, 0.2) is 30.3 Å². The van der Waals surface area contributed by atoms with Gasteiger partial charge in [-0.1, -0.05) is 18.2 Å². The van der Waals surface area contributed by atoms with Gasteiger partial charge in [0.05, 0.1) is 18.3 Å². The van der Waals surface area contributed by atoms with Crippen LogP contribution in [0.3, 0.4) is 0 Å². The standard InChI is InChI=1S/C12H14O4S/c13-6-10-8-17-11(16-10)7-15-12(14)9-4-2-1-3-5-9/h1-5,10-11,13H,6-8H2/t10-,11-/m1/s1. The maximum Gasteiger partial charge on any atom is 0.338 e. The first-order valence-electron chi connectivity index (χ1n) is 5.39. The van der Waals surface area contributed by atoms with Crippen LogP contribution in [0.4, 0.5) is 0 Å². The molecule has 17 heavy (non-hydrogen) atoms. The summed E-state index contributed by atoms with van der Waals surface area (Å²) in [6.45, 7) is 0.227. The van der Waals surface area contributed by atoms with Crippen molar-refractivity contribution in [2.45, 2.75) is 11.5 Å². The van der Waals surface area contributed by atoms with E-state index in [1.165, 1.54) is 0 Å². The fourth-order valence-electron chi connectivity index (χ4n) is 1.49. The molecule has 1 aromatic carbocycles. The second-order valence-electron chi connectivity index (χ2n) is 3.67. The maximum atomic E-state index is 11.6. The summed E-state index contributed by atoms with van der Waals surface area (Å²) in [6.07, 6.45) is -0.138. The molecule has 1 aliphatic heterocycles. The smallest absolute Gasteiger partial charge is 0.338 e. The minimum atomic E-state index is -0.345. The molecule has 0 radical (unpaired) electrons. The number of ether oxygens (including phenoxy) is 2. The lowest BCUT2D eigenvalue weighted by molar-refractivity contribution is -0.00757. The minimum absolute atomic E-state index is 0.0101. The van der Waals surface area contributed by atoms with E-state index >= 15 is 0 Å². The first kappa shape index (κ1) is 12.4. The van der Waals surface area contributed by atoms with Crippen LogP contribution in [0.2, 0.25) is 0 Å². The summed E-state index contributed by atoms with van der Waals surface area (Å²) in [7, 11) is 0. The molecule has 0 aliphatic carbocycles. The van der Waals surface area contributed by atoms with Gasteiger partial charge in [-0.2, -0.15) is 0 Å². The molecular weight excluding hydrogens is 240 g/mol. The Hall–Kier alpha value is -1.04. The van der Waals surface area contributed by atoms with Crippen LogP contribution in [-0.4, -0.2) is 41.6 Å². The summed E-state index contributed by atoms with van der Waals surface area (Å²) in [5.74, 6) is 0.395. The molecule has 0 aromatic heterocycles. The molecule has 1 aliphatic rings. The third-order valence-corrected chi connectivity index (χ3v) is 3.56. The molecule has 2 atom stereocenters. The van der Waals surface area contributed by atoms with Crippen molar-refractivity contribution >= 4 is 17.7 Å². The van der Waals surface area contributed by atoms with Crippen LogP contribution >= 0.6 is 11.8 Å². The number of rotatable bonds is 4. The van der Waals surface area contributed by atoms with E-state index in [-0.39, 0.29) is 30.7 Å². The van der Waals surface area contributed by atoms with Gasteiger partial charge in [-0.3, -0.25) is 0 Å². The van der Waals surface area contributed by atoms with Gasteiger partial charge in [-0.05, 0) is 12.1 Å². The summed E-state index contributed by atoms with van der Waals surface area (Å²) >= 11 is 1.55. The Morgan fingerprint density at radius 1 is 1.47 bits per heavy atom. The van der Waals surface area contributed by atoms with E-state index in [2.05, 4.69) is 0 Å². The summed E-state index contributed by atoms with van der Waals surface area (Å²) in [4.78, 5) is 11.6. The first-order chi connectivity index (χ1) is 8.29. The highest BCUT2D eigenvalue weighted by atomic mass is 32.2. The molecule has 1 heterocycles. The van der Waals surface area contributed by atoms with Gasteiger partial charge >= 0.3 is 5.97 Å². The fourth-order valence-corrected chi connectivity index (χ4v) is 2.51. The van der Waals surface area contributed by atoms with E-state index in [9.17, 15) is 4.79 Å². The summed E-state index contributed by atoms with van der Waals surface area (Å²) in [5.41, 5.74) is 0.369. The highest BCUT2D eigenvalue weighted by molar-refractivity contribution is 8.00. The zero-order valence-electron chi connectivity index (χ0n) is 9.24. The maximum absolute atomic E-state index is 11.6. The highest BCUT2D eigenvalue weighted by Crippen LogP contribution is 2.25. The molecule has 5 heteroatoms. The SMILES string of the molecule is O=C(OC[C@@H]1O[C@H](CO)CS1)c1ccccc1. The number of carbonyl (C=O) groups excluding carboxylic acids is 1. The van der Waals surface area contributed by atoms with Crippen molar-refractivity contribution in [2.24, 2.45) is 0 Å². The Morgan fingerprint density at radius 3 is 2.88 bits per heavy atom. The Bertz CT molecular complexity index is 368. The molecule has 0 saturated carbocycles. The number of esters is 1. The molecule has 0 bridgehead atoms. The second-order valence-corrected chi connectivity index (χ2v) is 4.86. The Balaban J connectivity index is 1.78. The number of aliphatic hydroxyl groups is 1. The van der Waals surface area contributed by atoms with Crippen LogP contribution in [-0.2, 0) is 9.47 Å². The van der Waals surface area contributed by atoms with Crippen LogP contribution in [0.1, 0.15) is 10.4 Å². The van der Waals surface area contributed by atoms with Crippen LogP contribution in [0.5, 0.6) is 0 Å². The van der Waals surface area contributed by atoms with Gasteiger partial charge in [-0.15, -0.1) is 11.8 Å². The van der Waals surface area contributed by atoms with Gasteiger partial charge in [0, 0.05) is 5.75 Å². The minimum Gasteiger partial charge on any atom is -0.458 e. The Kier molecular flexibility index (Phi) is 4.42. The fraction of sp³-hybridized carbons (Fsp3) is 0.417. The van der Waals surface area contributed by atoms with E-state index in [0.29, 0.717) is 5.56 Å². The number of benzene rings is 1. The molecule has 1 N–H and O–H groups in total. The van der Waals surface area contributed by atoms with Gasteiger partial charge in [0.15, 0.2) is 0 Å². The summed E-state index contributed by atoms with van der Waals surface area (Å²) < 4.78 is 10.6. The van der Waals surface area contributed by atoms with Crippen molar-refractivity contribution < 1.29 is 19.4 Å². The van der Waals surface area contributed by atoms with Crippen molar-refractivity contribution in [1.29, 1.82) is 0 Å². The van der Waals surface area contributed by atoms with Crippen LogP contribution in [0, 0.1) is 0 Å². The quantitative estimate of drug-likeness (QED) is 0.821. The number of hydrogen-bond donors (Lipinski definition) is 1.